The van der Waals surface area contributed by atoms with E-state index in [1.807, 2.05) is 30.3 Å². The molecule has 3 amide bonds. The summed E-state index contributed by atoms with van der Waals surface area (Å²) in [5.74, 6) is -3.60. The summed E-state index contributed by atoms with van der Waals surface area (Å²) in [5.41, 5.74) is 6.08. The molecule has 1 fully saturated rings. The Morgan fingerprint density at radius 3 is 2.52 bits per heavy atom. The molecule has 1 saturated heterocycles. The quantitative estimate of drug-likeness (QED) is 0.588. The lowest BCUT2D eigenvalue weighted by Gasteiger charge is -2.19. The van der Waals surface area contributed by atoms with Gasteiger partial charge in [-0.2, -0.15) is 0 Å². The van der Waals surface area contributed by atoms with E-state index in [9.17, 15) is 23.9 Å². The third-order valence-corrected chi connectivity index (χ3v) is 5.25. The second kappa shape index (κ2) is 9.53. The highest BCUT2D eigenvalue weighted by molar-refractivity contribution is 6.03. The number of benzene rings is 2. The van der Waals surface area contributed by atoms with Gasteiger partial charge in [0.05, 0.1) is 17.6 Å². The Balaban J connectivity index is 1.75. The molecule has 0 spiro atoms. The molecular weight excluding hydrogens is 401 g/mol. The molecule has 1 heterocycles. The average molecular weight is 425 g/mol. The monoisotopic (exact) mass is 425 g/mol. The second-order valence-corrected chi connectivity index (χ2v) is 7.51. The number of hydrogen-bond donors (Lipinski definition) is 3. The number of β-amino-alcohol motifs (C(OH)–C–C–N with tert-alkyl or cyclic N) is 1. The van der Waals surface area contributed by atoms with Gasteiger partial charge in [0.2, 0.25) is 11.8 Å². The van der Waals surface area contributed by atoms with Crippen LogP contribution in [0.4, 0.5) is 10.1 Å². The summed E-state index contributed by atoms with van der Waals surface area (Å²) in [6.45, 7) is 4.15. The zero-order valence-electron chi connectivity index (χ0n) is 16.9. The van der Waals surface area contributed by atoms with Crippen LogP contribution in [-0.2, 0) is 16.0 Å². The predicted molar refractivity (Wildman–Crippen MR) is 114 cm³/mol. The van der Waals surface area contributed by atoms with Gasteiger partial charge in [-0.25, -0.2) is 4.39 Å². The van der Waals surface area contributed by atoms with Gasteiger partial charge in [-0.1, -0.05) is 36.9 Å². The number of likely N-dealkylation sites (tertiary alicyclic amines) is 1. The molecule has 0 saturated carbocycles. The van der Waals surface area contributed by atoms with Gasteiger partial charge in [0.1, 0.15) is 5.82 Å². The van der Waals surface area contributed by atoms with E-state index in [1.54, 1.807) is 0 Å². The highest BCUT2D eigenvalue weighted by Crippen LogP contribution is 2.22. The van der Waals surface area contributed by atoms with Crippen molar-refractivity contribution >= 4 is 23.4 Å². The van der Waals surface area contributed by atoms with Gasteiger partial charge in [-0.15, -0.1) is 0 Å². The molecule has 162 valence electrons. The van der Waals surface area contributed by atoms with Crippen molar-refractivity contribution in [3.8, 4) is 0 Å². The van der Waals surface area contributed by atoms with E-state index in [4.69, 9.17) is 5.73 Å². The van der Waals surface area contributed by atoms with Crippen molar-refractivity contribution in [2.75, 3.05) is 18.4 Å². The zero-order valence-corrected chi connectivity index (χ0v) is 16.9. The van der Waals surface area contributed by atoms with Crippen molar-refractivity contribution < 1.29 is 23.9 Å². The molecule has 0 aromatic heterocycles. The molecular formula is C23H24FN3O4. The summed E-state index contributed by atoms with van der Waals surface area (Å²) in [7, 11) is 0. The Kier molecular flexibility index (Phi) is 6.81. The lowest BCUT2D eigenvalue weighted by molar-refractivity contribution is -0.122. The van der Waals surface area contributed by atoms with Crippen molar-refractivity contribution in [2.45, 2.75) is 18.9 Å². The van der Waals surface area contributed by atoms with Crippen molar-refractivity contribution in [1.29, 1.82) is 0 Å². The van der Waals surface area contributed by atoms with Gasteiger partial charge in [0.25, 0.3) is 5.91 Å². The molecule has 0 aliphatic carbocycles. The number of nitrogens with two attached hydrogens (primary N) is 1. The van der Waals surface area contributed by atoms with Crippen LogP contribution in [0.25, 0.3) is 0 Å². The fourth-order valence-electron chi connectivity index (χ4n) is 3.49. The Hall–Kier alpha value is -3.52. The minimum atomic E-state index is -0.935. The molecule has 3 rings (SSSR count). The first-order valence-corrected chi connectivity index (χ1v) is 9.86. The van der Waals surface area contributed by atoms with Gasteiger partial charge in [-0.3, -0.25) is 14.4 Å². The first-order chi connectivity index (χ1) is 14.8. The number of nitrogens with one attached hydrogen (secondary N) is 1. The molecule has 2 atom stereocenters. The number of hydrogen-bond acceptors (Lipinski definition) is 4. The summed E-state index contributed by atoms with van der Waals surface area (Å²) in [6.07, 6.45) is 0.0456. The van der Waals surface area contributed by atoms with Gasteiger partial charge < -0.3 is 21.1 Å². The molecule has 31 heavy (non-hydrogen) atoms. The SMILES string of the molecule is C=C(C(N)=O)[C@H](Cc1ccccc1)C(=O)Nc1ccc(C(=O)N2CC[C@@H](O)C2)c(F)c1. The van der Waals surface area contributed by atoms with Crippen molar-refractivity contribution in [1.82, 2.24) is 4.90 Å². The number of primary amides is 1. The molecule has 0 radical (unpaired) electrons. The van der Waals surface area contributed by atoms with Crippen molar-refractivity contribution in [3.63, 3.8) is 0 Å². The van der Waals surface area contributed by atoms with Crippen LogP contribution in [0.2, 0.25) is 0 Å². The highest BCUT2D eigenvalue weighted by atomic mass is 19.1. The number of carbonyl (C=O) groups is 3. The molecule has 8 heteroatoms. The van der Waals surface area contributed by atoms with Gasteiger partial charge in [0.15, 0.2) is 0 Å². The summed E-state index contributed by atoms with van der Waals surface area (Å²) < 4.78 is 14.6. The molecule has 2 aromatic rings. The maximum atomic E-state index is 14.6. The Morgan fingerprint density at radius 2 is 1.94 bits per heavy atom. The molecule has 7 nitrogen and oxygen atoms in total. The lowest BCUT2D eigenvalue weighted by atomic mass is 9.91. The molecule has 1 aliphatic heterocycles. The standard InChI is InChI=1S/C23H24FN3O4/c1-14(21(25)29)19(11-15-5-3-2-4-6-15)22(30)26-16-7-8-18(20(24)12-16)23(31)27-10-9-17(28)13-27/h2-8,12,17,19,28H,1,9-11,13H2,(H2,25,29)(H,26,30)/t17-,19+/m1/s1. The van der Waals surface area contributed by atoms with E-state index < -0.39 is 35.6 Å². The lowest BCUT2D eigenvalue weighted by Crippen LogP contribution is -2.32. The third kappa shape index (κ3) is 5.35. The van der Waals surface area contributed by atoms with Gasteiger partial charge in [-0.05, 0) is 36.6 Å². The van der Waals surface area contributed by atoms with Crippen LogP contribution in [0.3, 0.4) is 0 Å². The molecule has 0 unspecified atom stereocenters. The number of rotatable bonds is 7. The summed E-state index contributed by atoms with van der Waals surface area (Å²) in [5, 5.41) is 12.1. The highest BCUT2D eigenvalue weighted by Gasteiger charge is 2.28. The first-order valence-electron chi connectivity index (χ1n) is 9.86. The van der Waals surface area contributed by atoms with Crippen LogP contribution < -0.4 is 11.1 Å². The Bertz CT molecular complexity index is 1010. The topological polar surface area (TPSA) is 113 Å². The predicted octanol–water partition coefficient (Wildman–Crippen LogP) is 1.87. The van der Waals surface area contributed by atoms with Crippen LogP contribution in [0.5, 0.6) is 0 Å². The molecule has 0 bridgehead atoms. The minimum Gasteiger partial charge on any atom is -0.391 e. The van der Waals surface area contributed by atoms with Crippen LogP contribution in [0.15, 0.2) is 60.7 Å². The number of carbonyl (C=O) groups excluding carboxylic acids is 3. The van der Waals surface area contributed by atoms with E-state index in [0.29, 0.717) is 13.0 Å². The zero-order chi connectivity index (χ0) is 22.5. The summed E-state index contributed by atoms with van der Waals surface area (Å²) in [4.78, 5) is 38.3. The van der Waals surface area contributed by atoms with Crippen LogP contribution in [0.1, 0.15) is 22.3 Å². The summed E-state index contributed by atoms with van der Waals surface area (Å²) >= 11 is 0. The smallest absolute Gasteiger partial charge is 0.256 e. The number of halogens is 1. The Labute approximate surface area is 179 Å². The number of amides is 3. The largest absolute Gasteiger partial charge is 0.391 e. The average Bonchev–Trinajstić information content (AvgIpc) is 3.18. The van der Waals surface area contributed by atoms with Crippen molar-refractivity contribution in [3.05, 3.63) is 77.6 Å². The van der Waals surface area contributed by atoms with Crippen LogP contribution >= 0.6 is 0 Å². The summed E-state index contributed by atoms with van der Waals surface area (Å²) in [6, 6.07) is 12.8. The fraction of sp³-hybridized carbons (Fsp3) is 0.261. The first kappa shape index (κ1) is 22.2. The number of aliphatic hydroxyl groups excluding tert-OH is 1. The van der Waals surface area contributed by atoms with Crippen molar-refractivity contribution in [2.24, 2.45) is 11.7 Å². The number of nitrogens with zero attached hydrogens (tertiary/aromatic N) is 1. The van der Waals surface area contributed by atoms with E-state index in [-0.39, 0.29) is 29.8 Å². The van der Waals surface area contributed by atoms with Gasteiger partial charge in [0, 0.05) is 24.4 Å². The van der Waals surface area contributed by atoms with Crippen LogP contribution in [-0.4, -0.2) is 46.9 Å². The fourth-order valence-corrected chi connectivity index (χ4v) is 3.49. The maximum Gasteiger partial charge on any atom is 0.256 e. The maximum absolute atomic E-state index is 14.6. The second-order valence-electron chi connectivity index (χ2n) is 7.51. The number of aliphatic hydroxyl groups is 1. The Morgan fingerprint density at radius 1 is 1.23 bits per heavy atom. The van der Waals surface area contributed by atoms with E-state index in [1.165, 1.54) is 17.0 Å². The van der Waals surface area contributed by atoms with E-state index in [0.717, 1.165) is 11.6 Å². The van der Waals surface area contributed by atoms with Gasteiger partial charge >= 0.3 is 0 Å². The van der Waals surface area contributed by atoms with Crippen LogP contribution in [0, 0.1) is 11.7 Å². The third-order valence-electron chi connectivity index (χ3n) is 5.25. The van der Waals surface area contributed by atoms with E-state index in [2.05, 4.69) is 11.9 Å². The molecule has 1 aliphatic rings. The van der Waals surface area contributed by atoms with E-state index >= 15 is 0 Å². The number of anilines is 1. The normalized spacial score (nSPS) is 16.6. The minimum absolute atomic E-state index is 0.0544. The molecule has 4 N–H and O–H groups in total. The molecule has 2 aromatic carbocycles.